The molecule has 0 bridgehead atoms. The van der Waals surface area contributed by atoms with E-state index in [1.54, 1.807) is 24.4 Å². The van der Waals surface area contributed by atoms with Crippen molar-refractivity contribution in [1.82, 2.24) is 4.98 Å². The Morgan fingerprint density at radius 2 is 2.00 bits per heavy atom. The number of halogens is 1. The van der Waals surface area contributed by atoms with Crippen LogP contribution in [0.1, 0.15) is 13.8 Å². The number of anilines is 1. The number of nitrogens with two attached hydrogens (primary N) is 1. The molecule has 0 aliphatic heterocycles. The molecule has 0 amide bonds. The van der Waals surface area contributed by atoms with E-state index in [1.807, 2.05) is 13.8 Å². The van der Waals surface area contributed by atoms with E-state index in [0.717, 1.165) is 0 Å². The van der Waals surface area contributed by atoms with Gasteiger partial charge in [0.1, 0.15) is 11.6 Å². The van der Waals surface area contributed by atoms with Crippen LogP contribution in [-0.4, -0.2) is 11.1 Å². The molecule has 0 radical (unpaired) electrons. The Labute approximate surface area is 105 Å². The fraction of sp³-hybridized carbons (Fsp3) is 0.214. The standard InChI is InChI=1S/C14H15FN2O/c1-9(2)18-13-6-10(5-11(15)7-13)14-8-12(16)3-4-17-14/h3-9H,1-2H3,(H2,16,17). The average molecular weight is 246 g/mol. The van der Waals surface area contributed by atoms with Gasteiger partial charge in [-0.1, -0.05) is 0 Å². The van der Waals surface area contributed by atoms with Crippen LogP contribution in [0.3, 0.4) is 0 Å². The predicted molar refractivity (Wildman–Crippen MR) is 69.8 cm³/mol. The lowest BCUT2D eigenvalue weighted by molar-refractivity contribution is 0.241. The number of ether oxygens (including phenoxy) is 1. The lowest BCUT2D eigenvalue weighted by Gasteiger charge is -2.11. The summed E-state index contributed by atoms with van der Waals surface area (Å²) < 4.78 is 19.0. The zero-order chi connectivity index (χ0) is 13.1. The Morgan fingerprint density at radius 1 is 1.22 bits per heavy atom. The van der Waals surface area contributed by atoms with Crippen LogP contribution in [0.5, 0.6) is 5.75 Å². The first kappa shape index (κ1) is 12.4. The van der Waals surface area contributed by atoms with Gasteiger partial charge in [-0.25, -0.2) is 4.39 Å². The molecule has 94 valence electrons. The maximum absolute atomic E-state index is 13.5. The van der Waals surface area contributed by atoms with Gasteiger partial charge in [0.15, 0.2) is 0 Å². The molecule has 0 spiro atoms. The van der Waals surface area contributed by atoms with Gasteiger partial charge in [0.2, 0.25) is 0 Å². The number of hydrogen-bond donors (Lipinski definition) is 1. The zero-order valence-electron chi connectivity index (χ0n) is 10.4. The van der Waals surface area contributed by atoms with Crippen LogP contribution in [0.2, 0.25) is 0 Å². The molecule has 2 aromatic rings. The zero-order valence-corrected chi connectivity index (χ0v) is 10.4. The van der Waals surface area contributed by atoms with Gasteiger partial charge in [0, 0.05) is 23.5 Å². The second kappa shape index (κ2) is 5.04. The van der Waals surface area contributed by atoms with Gasteiger partial charge >= 0.3 is 0 Å². The Morgan fingerprint density at radius 3 is 2.67 bits per heavy atom. The summed E-state index contributed by atoms with van der Waals surface area (Å²) in [6, 6.07) is 7.91. The second-order valence-corrected chi connectivity index (χ2v) is 4.32. The van der Waals surface area contributed by atoms with E-state index in [1.165, 1.54) is 12.1 Å². The van der Waals surface area contributed by atoms with Crippen LogP contribution in [0.4, 0.5) is 10.1 Å². The first-order chi connectivity index (χ1) is 8.54. The molecule has 0 saturated carbocycles. The van der Waals surface area contributed by atoms with Crippen LogP contribution in [0.15, 0.2) is 36.5 Å². The lowest BCUT2D eigenvalue weighted by Crippen LogP contribution is -2.05. The molecule has 3 nitrogen and oxygen atoms in total. The summed E-state index contributed by atoms with van der Waals surface area (Å²) in [4.78, 5) is 4.17. The van der Waals surface area contributed by atoms with Crippen molar-refractivity contribution < 1.29 is 9.13 Å². The van der Waals surface area contributed by atoms with Crippen molar-refractivity contribution >= 4 is 5.69 Å². The highest BCUT2D eigenvalue weighted by atomic mass is 19.1. The molecule has 4 heteroatoms. The first-order valence-corrected chi connectivity index (χ1v) is 5.74. The van der Waals surface area contributed by atoms with Crippen molar-refractivity contribution in [2.75, 3.05) is 5.73 Å². The van der Waals surface area contributed by atoms with Crippen molar-refractivity contribution in [1.29, 1.82) is 0 Å². The number of benzene rings is 1. The van der Waals surface area contributed by atoms with Gasteiger partial charge in [0.05, 0.1) is 11.8 Å². The molecule has 18 heavy (non-hydrogen) atoms. The summed E-state index contributed by atoms with van der Waals surface area (Å²) in [6.07, 6.45) is 1.59. The summed E-state index contributed by atoms with van der Waals surface area (Å²) in [5.74, 6) is 0.136. The van der Waals surface area contributed by atoms with Crippen LogP contribution in [-0.2, 0) is 0 Å². The van der Waals surface area contributed by atoms with Crippen molar-refractivity contribution in [3.8, 4) is 17.0 Å². The van der Waals surface area contributed by atoms with E-state index < -0.39 is 0 Å². The number of aromatic nitrogens is 1. The largest absolute Gasteiger partial charge is 0.491 e. The maximum atomic E-state index is 13.5. The summed E-state index contributed by atoms with van der Waals surface area (Å²) in [6.45, 7) is 3.78. The molecule has 0 saturated heterocycles. The van der Waals surface area contributed by atoms with E-state index >= 15 is 0 Å². The van der Waals surface area contributed by atoms with Crippen molar-refractivity contribution in [3.05, 3.63) is 42.3 Å². The normalized spacial score (nSPS) is 10.7. The Hall–Kier alpha value is -2.10. The minimum absolute atomic E-state index is 0.00606. The van der Waals surface area contributed by atoms with Gasteiger partial charge in [-0.2, -0.15) is 0 Å². The number of nitrogens with zero attached hydrogens (tertiary/aromatic N) is 1. The van der Waals surface area contributed by atoms with Gasteiger partial charge < -0.3 is 10.5 Å². The third-order valence-electron chi connectivity index (χ3n) is 2.32. The van der Waals surface area contributed by atoms with Crippen molar-refractivity contribution in [2.24, 2.45) is 0 Å². The third kappa shape index (κ3) is 2.97. The maximum Gasteiger partial charge on any atom is 0.127 e. The van der Waals surface area contributed by atoms with E-state index in [-0.39, 0.29) is 11.9 Å². The van der Waals surface area contributed by atoms with E-state index in [0.29, 0.717) is 22.7 Å². The van der Waals surface area contributed by atoms with E-state index in [2.05, 4.69) is 4.98 Å². The number of rotatable bonds is 3. The lowest BCUT2D eigenvalue weighted by atomic mass is 10.1. The first-order valence-electron chi connectivity index (χ1n) is 5.74. The summed E-state index contributed by atoms with van der Waals surface area (Å²) in [7, 11) is 0. The molecule has 2 rings (SSSR count). The predicted octanol–water partition coefficient (Wildman–Crippen LogP) is 3.26. The van der Waals surface area contributed by atoms with Crippen LogP contribution < -0.4 is 10.5 Å². The van der Waals surface area contributed by atoms with Gasteiger partial charge in [-0.3, -0.25) is 4.98 Å². The highest BCUT2D eigenvalue weighted by Gasteiger charge is 2.06. The monoisotopic (exact) mass is 246 g/mol. The smallest absolute Gasteiger partial charge is 0.127 e. The topological polar surface area (TPSA) is 48.1 Å². The SMILES string of the molecule is CC(C)Oc1cc(F)cc(-c2cc(N)ccn2)c1. The van der Waals surface area contributed by atoms with Crippen LogP contribution >= 0.6 is 0 Å². The summed E-state index contributed by atoms with van der Waals surface area (Å²) >= 11 is 0. The molecule has 0 aliphatic carbocycles. The molecular weight excluding hydrogens is 231 g/mol. The average Bonchev–Trinajstić information content (AvgIpc) is 2.27. The van der Waals surface area contributed by atoms with Crippen LogP contribution in [0, 0.1) is 5.82 Å². The van der Waals surface area contributed by atoms with Crippen molar-refractivity contribution in [2.45, 2.75) is 20.0 Å². The fourth-order valence-electron chi connectivity index (χ4n) is 1.66. The van der Waals surface area contributed by atoms with Gasteiger partial charge in [-0.15, -0.1) is 0 Å². The summed E-state index contributed by atoms with van der Waals surface area (Å²) in [5, 5.41) is 0. The fourth-order valence-corrected chi connectivity index (χ4v) is 1.66. The molecule has 0 aliphatic rings. The highest BCUT2D eigenvalue weighted by Crippen LogP contribution is 2.25. The number of hydrogen-bond acceptors (Lipinski definition) is 3. The molecule has 1 heterocycles. The minimum Gasteiger partial charge on any atom is -0.491 e. The summed E-state index contributed by atoms with van der Waals surface area (Å²) in [5.41, 5.74) is 7.56. The number of nitrogen functional groups attached to an aromatic ring is 1. The van der Waals surface area contributed by atoms with Gasteiger partial charge in [0.25, 0.3) is 0 Å². The molecule has 0 atom stereocenters. The highest BCUT2D eigenvalue weighted by molar-refractivity contribution is 5.64. The molecule has 0 fully saturated rings. The Kier molecular flexibility index (Phi) is 3.46. The third-order valence-corrected chi connectivity index (χ3v) is 2.32. The van der Waals surface area contributed by atoms with Crippen molar-refractivity contribution in [3.63, 3.8) is 0 Å². The molecule has 1 aromatic heterocycles. The second-order valence-electron chi connectivity index (χ2n) is 4.32. The number of pyridine rings is 1. The molecule has 2 N–H and O–H groups in total. The Bertz CT molecular complexity index is 555. The van der Waals surface area contributed by atoms with Crippen LogP contribution in [0.25, 0.3) is 11.3 Å². The van der Waals surface area contributed by atoms with E-state index in [9.17, 15) is 4.39 Å². The van der Waals surface area contributed by atoms with E-state index in [4.69, 9.17) is 10.5 Å². The molecule has 1 aromatic carbocycles. The van der Waals surface area contributed by atoms with Gasteiger partial charge in [-0.05, 0) is 38.1 Å². The quantitative estimate of drug-likeness (QED) is 0.904. The Balaban J connectivity index is 2.41. The molecular formula is C14H15FN2O. The minimum atomic E-state index is -0.354. The molecule has 0 unspecified atom stereocenters.